The van der Waals surface area contributed by atoms with E-state index in [2.05, 4.69) is 12.2 Å². The molecule has 5 rings (SSSR count). The van der Waals surface area contributed by atoms with Crippen molar-refractivity contribution in [3.63, 3.8) is 0 Å². The van der Waals surface area contributed by atoms with Crippen molar-refractivity contribution in [1.29, 1.82) is 0 Å². The number of allylic oxidation sites excluding steroid dienone is 2. The topological polar surface area (TPSA) is 37.4 Å². The Morgan fingerprint density at radius 3 is 1.86 bits per heavy atom. The molecule has 1 aromatic carbocycles. The Kier molecular flexibility index (Phi) is 2.36. The lowest BCUT2D eigenvalue weighted by molar-refractivity contribution is -0.123. The molecule has 4 aliphatic rings. The van der Waals surface area contributed by atoms with E-state index in [1.807, 2.05) is 0 Å². The molecule has 0 unspecified atom stereocenters. The zero-order chi connectivity index (χ0) is 15.2. The molecule has 112 valence electrons. The Hall–Kier alpha value is -1.32. The molecule has 2 bridgehead atoms. The summed E-state index contributed by atoms with van der Waals surface area (Å²) in [7, 11) is 0. The monoisotopic (exact) mass is 333 g/mol. The number of nitrogens with zero attached hydrogens (tertiary/aromatic N) is 1. The maximum atomic E-state index is 12.9. The summed E-state index contributed by atoms with van der Waals surface area (Å²) in [6.45, 7) is 0. The Bertz CT molecular complexity index is 714. The largest absolute Gasteiger partial charge is 0.274 e. The first-order valence-electron chi connectivity index (χ1n) is 7.55. The molecule has 4 atom stereocenters. The van der Waals surface area contributed by atoms with Crippen molar-refractivity contribution in [3.05, 3.63) is 40.4 Å². The molecule has 2 amide bonds. The van der Waals surface area contributed by atoms with Gasteiger partial charge in [0, 0.05) is 10.0 Å². The van der Waals surface area contributed by atoms with Gasteiger partial charge in [-0.25, -0.2) is 4.90 Å². The van der Waals surface area contributed by atoms with Gasteiger partial charge in [-0.2, -0.15) is 0 Å². The number of fused-ring (bicyclic) bond motifs is 3. The van der Waals surface area contributed by atoms with Gasteiger partial charge in [-0.3, -0.25) is 9.59 Å². The number of carbonyl (C=O) groups is 2. The lowest BCUT2D eigenvalue weighted by Crippen LogP contribution is -2.34. The number of hydrogen-bond acceptors (Lipinski definition) is 2. The fourth-order valence-electron chi connectivity index (χ4n) is 5.00. The van der Waals surface area contributed by atoms with Crippen molar-refractivity contribution in [2.75, 3.05) is 4.90 Å². The van der Waals surface area contributed by atoms with Crippen molar-refractivity contribution < 1.29 is 9.59 Å². The maximum Gasteiger partial charge on any atom is 0.238 e. The SMILES string of the molecule is O=C1[C@@H]2[C@H](C(=O)N1c1cc(Cl)cc(Cl)c1)[C@H]1C=C[C@H]2C12CC2. The highest BCUT2D eigenvalue weighted by molar-refractivity contribution is 6.35. The molecule has 1 saturated heterocycles. The minimum atomic E-state index is -0.192. The van der Waals surface area contributed by atoms with Gasteiger partial charge in [0.25, 0.3) is 0 Å². The van der Waals surface area contributed by atoms with Gasteiger partial charge in [-0.15, -0.1) is 0 Å². The first-order chi connectivity index (χ1) is 10.5. The molecule has 1 aliphatic heterocycles. The summed E-state index contributed by atoms with van der Waals surface area (Å²) in [6.07, 6.45) is 6.62. The van der Waals surface area contributed by atoms with Crippen molar-refractivity contribution >= 4 is 40.7 Å². The summed E-state index contributed by atoms with van der Waals surface area (Å²) in [5.41, 5.74) is 0.713. The van der Waals surface area contributed by atoms with Crippen LogP contribution in [0.2, 0.25) is 10.0 Å². The van der Waals surface area contributed by atoms with E-state index in [9.17, 15) is 9.59 Å². The molecule has 3 nitrogen and oxygen atoms in total. The third-order valence-electron chi connectivity index (χ3n) is 5.96. The molecule has 3 aliphatic carbocycles. The van der Waals surface area contributed by atoms with E-state index >= 15 is 0 Å². The predicted molar refractivity (Wildman–Crippen MR) is 83.7 cm³/mol. The van der Waals surface area contributed by atoms with Crippen molar-refractivity contribution in [2.24, 2.45) is 29.1 Å². The summed E-state index contributed by atoms with van der Waals surface area (Å²) in [6, 6.07) is 4.86. The number of rotatable bonds is 1. The van der Waals surface area contributed by atoms with Gasteiger partial charge in [0.15, 0.2) is 0 Å². The van der Waals surface area contributed by atoms with Crippen LogP contribution in [0.25, 0.3) is 0 Å². The number of hydrogen-bond donors (Lipinski definition) is 0. The Morgan fingerprint density at radius 2 is 1.41 bits per heavy atom. The number of imide groups is 1. The molecule has 1 spiro atoms. The number of amides is 2. The number of halogens is 2. The second kappa shape index (κ2) is 3.95. The van der Waals surface area contributed by atoms with Gasteiger partial charge in [0.1, 0.15) is 0 Å². The Balaban J connectivity index is 1.59. The summed E-state index contributed by atoms with van der Waals surface area (Å²) in [5, 5.41) is 0.861. The average Bonchev–Trinajstić information content (AvgIpc) is 3.04. The highest BCUT2D eigenvalue weighted by Gasteiger charge is 2.73. The third-order valence-corrected chi connectivity index (χ3v) is 6.39. The van der Waals surface area contributed by atoms with Gasteiger partial charge in [0.05, 0.1) is 17.5 Å². The highest BCUT2D eigenvalue weighted by atomic mass is 35.5. The fraction of sp³-hybridized carbons (Fsp3) is 0.412. The zero-order valence-electron chi connectivity index (χ0n) is 11.6. The van der Waals surface area contributed by atoms with Crippen LogP contribution in [0.1, 0.15) is 12.8 Å². The van der Waals surface area contributed by atoms with Crippen LogP contribution < -0.4 is 4.90 Å². The third kappa shape index (κ3) is 1.40. The molecule has 22 heavy (non-hydrogen) atoms. The van der Waals surface area contributed by atoms with E-state index in [4.69, 9.17) is 23.2 Å². The highest BCUT2D eigenvalue weighted by Crippen LogP contribution is 2.73. The summed E-state index contributed by atoms with van der Waals surface area (Å²) < 4.78 is 0. The molecular weight excluding hydrogens is 321 g/mol. The lowest BCUT2D eigenvalue weighted by atomic mass is 9.85. The van der Waals surface area contributed by atoms with Crippen LogP contribution in [0.4, 0.5) is 5.69 Å². The number of carbonyl (C=O) groups excluding carboxylic acids is 2. The molecule has 2 saturated carbocycles. The van der Waals surface area contributed by atoms with E-state index in [1.54, 1.807) is 18.2 Å². The van der Waals surface area contributed by atoms with Gasteiger partial charge >= 0.3 is 0 Å². The van der Waals surface area contributed by atoms with E-state index in [-0.39, 0.29) is 40.9 Å². The van der Waals surface area contributed by atoms with Crippen LogP contribution in [0.15, 0.2) is 30.4 Å². The second-order valence-electron chi connectivity index (χ2n) is 6.86. The van der Waals surface area contributed by atoms with E-state index in [0.717, 1.165) is 12.8 Å². The van der Waals surface area contributed by atoms with Gasteiger partial charge < -0.3 is 0 Å². The Morgan fingerprint density at radius 1 is 0.909 bits per heavy atom. The second-order valence-corrected chi connectivity index (χ2v) is 7.73. The average molecular weight is 334 g/mol. The first-order valence-corrected chi connectivity index (χ1v) is 8.31. The normalized spacial score (nSPS) is 36.5. The lowest BCUT2D eigenvalue weighted by Gasteiger charge is -2.22. The van der Waals surface area contributed by atoms with Gasteiger partial charge in [0.2, 0.25) is 11.8 Å². The molecule has 3 fully saturated rings. The summed E-state index contributed by atoms with van der Waals surface area (Å²) in [4.78, 5) is 27.1. The van der Waals surface area contributed by atoms with Gasteiger partial charge in [-0.05, 0) is 48.3 Å². The molecule has 0 aromatic heterocycles. The van der Waals surface area contributed by atoms with Crippen LogP contribution in [0, 0.1) is 29.1 Å². The first kappa shape index (κ1) is 13.1. The van der Waals surface area contributed by atoms with E-state index < -0.39 is 0 Å². The zero-order valence-corrected chi connectivity index (χ0v) is 13.1. The summed E-state index contributed by atoms with van der Waals surface area (Å²) in [5.74, 6) is -0.0874. The maximum absolute atomic E-state index is 12.9. The van der Waals surface area contributed by atoms with Crippen LogP contribution >= 0.6 is 23.2 Å². The van der Waals surface area contributed by atoms with Crippen LogP contribution in [0.3, 0.4) is 0 Å². The molecule has 5 heteroatoms. The molecular formula is C17H13Cl2NO2. The summed E-state index contributed by atoms with van der Waals surface area (Å²) >= 11 is 12.0. The quantitative estimate of drug-likeness (QED) is 0.580. The molecule has 0 N–H and O–H groups in total. The molecule has 1 heterocycles. The smallest absolute Gasteiger partial charge is 0.238 e. The minimum absolute atomic E-state index is 0.0866. The molecule has 0 radical (unpaired) electrons. The number of anilines is 1. The van der Waals surface area contributed by atoms with Crippen LogP contribution in [-0.2, 0) is 9.59 Å². The van der Waals surface area contributed by atoms with Crippen LogP contribution in [0.5, 0.6) is 0 Å². The van der Waals surface area contributed by atoms with E-state index in [1.165, 1.54) is 4.90 Å². The predicted octanol–water partition coefficient (Wildman–Crippen LogP) is 3.70. The van der Waals surface area contributed by atoms with Gasteiger partial charge in [-0.1, -0.05) is 35.4 Å². The number of benzene rings is 1. The van der Waals surface area contributed by atoms with E-state index in [0.29, 0.717) is 15.7 Å². The molecule has 1 aromatic rings. The van der Waals surface area contributed by atoms with Crippen molar-refractivity contribution in [2.45, 2.75) is 12.8 Å². The Labute approximate surface area is 137 Å². The van der Waals surface area contributed by atoms with Crippen molar-refractivity contribution in [1.82, 2.24) is 0 Å². The standard InChI is InChI=1S/C17H13Cl2NO2/c18-8-5-9(19)7-10(6-8)20-15(21)13-11-1-2-12(14(13)16(20)22)17(11)3-4-17/h1-2,5-7,11-14H,3-4H2/t11-,12-,13-,14+/m1/s1. The van der Waals surface area contributed by atoms with Crippen molar-refractivity contribution in [3.8, 4) is 0 Å². The van der Waals surface area contributed by atoms with Crippen LogP contribution in [-0.4, -0.2) is 11.8 Å². The fourth-order valence-corrected chi connectivity index (χ4v) is 5.52. The minimum Gasteiger partial charge on any atom is -0.274 e.